The Morgan fingerprint density at radius 1 is 0.941 bits per heavy atom. The molecule has 2 amide bonds. The maximum absolute atomic E-state index is 12.6. The zero-order valence-electron chi connectivity index (χ0n) is 20.4. The maximum Gasteiger partial charge on any atom is 0.407 e. The van der Waals surface area contributed by atoms with Gasteiger partial charge in [0.15, 0.2) is 0 Å². The van der Waals surface area contributed by atoms with E-state index in [4.69, 9.17) is 4.74 Å². The molecule has 0 fully saturated rings. The molecule has 0 aromatic heterocycles. The number of carboxylic acids is 1. The first kappa shape index (κ1) is 25.3. The van der Waals surface area contributed by atoms with E-state index in [2.05, 4.69) is 34.9 Å². The Morgan fingerprint density at radius 3 is 1.97 bits per heavy atom. The fourth-order valence-electron chi connectivity index (χ4n) is 4.72. The summed E-state index contributed by atoms with van der Waals surface area (Å²) in [4.78, 5) is 36.6. The number of nitrogens with one attached hydrogen (secondary N) is 2. The van der Waals surface area contributed by atoms with E-state index in [1.807, 2.05) is 38.1 Å². The second kappa shape index (κ2) is 10.3. The summed E-state index contributed by atoms with van der Waals surface area (Å²) in [7, 11) is 0. The monoisotopic (exact) mass is 466 g/mol. The quantitative estimate of drug-likeness (QED) is 0.503. The summed E-state index contributed by atoms with van der Waals surface area (Å²) in [5, 5.41) is 15.1. The lowest BCUT2D eigenvalue weighted by atomic mass is 9.78. The van der Waals surface area contributed by atoms with E-state index in [-0.39, 0.29) is 30.8 Å². The van der Waals surface area contributed by atoms with Crippen LogP contribution in [0.1, 0.15) is 58.1 Å². The number of amides is 2. The standard InChI is InChI=1S/C27H34N2O5/c1-16(2)24(27(4,5)25(31)32)29-23(30)14-17(3)28-26(33)34-15-22-20-12-8-6-10-18(20)19-11-7-9-13-21(19)22/h6-13,16-17,22,24H,14-15H2,1-5H3,(H,28,33)(H,29,30)(H,31,32). The summed E-state index contributed by atoms with van der Waals surface area (Å²) in [6.45, 7) is 8.84. The molecule has 2 aromatic carbocycles. The summed E-state index contributed by atoms with van der Waals surface area (Å²) in [6, 6.07) is 15.2. The minimum atomic E-state index is -1.12. The minimum absolute atomic E-state index is 0.0170. The highest BCUT2D eigenvalue weighted by molar-refractivity contribution is 5.81. The summed E-state index contributed by atoms with van der Waals surface area (Å²) in [5.74, 6) is -1.40. The molecule has 0 aliphatic heterocycles. The van der Waals surface area contributed by atoms with Gasteiger partial charge in [-0.15, -0.1) is 0 Å². The van der Waals surface area contributed by atoms with Crippen molar-refractivity contribution in [2.24, 2.45) is 11.3 Å². The average molecular weight is 467 g/mol. The number of carboxylic acid groups (broad SMARTS) is 1. The van der Waals surface area contributed by atoms with E-state index in [0.717, 1.165) is 22.3 Å². The molecule has 1 aliphatic rings. The molecule has 34 heavy (non-hydrogen) atoms. The summed E-state index contributed by atoms with van der Waals surface area (Å²) >= 11 is 0. The van der Waals surface area contributed by atoms with Gasteiger partial charge in [-0.1, -0.05) is 62.4 Å². The van der Waals surface area contributed by atoms with Gasteiger partial charge in [-0.3, -0.25) is 9.59 Å². The van der Waals surface area contributed by atoms with E-state index >= 15 is 0 Å². The third-order valence-electron chi connectivity index (χ3n) is 6.51. The molecule has 0 saturated carbocycles. The third-order valence-corrected chi connectivity index (χ3v) is 6.51. The van der Waals surface area contributed by atoms with Gasteiger partial charge in [-0.25, -0.2) is 4.79 Å². The lowest BCUT2D eigenvalue weighted by molar-refractivity contribution is -0.150. The molecule has 0 heterocycles. The third kappa shape index (κ3) is 5.41. The zero-order chi connectivity index (χ0) is 25.0. The topological polar surface area (TPSA) is 105 Å². The number of carbonyl (C=O) groups is 3. The van der Waals surface area contributed by atoms with Crippen LogP contribution in [0.4, 0.5) is 4.79 Å². The first-order chi connectivity index (χ1) is 16.0. The van der Waals surface area contributed by atoms with Crippen LogP contribution in [0, 0.1) is 11.3 Å². The Hall–Kier alpha value is -3.35. The van der Waals surface area contributed by atoms with E-state index in [1.165, 1.54) is 0 Å². The van der Waals surface area contributed by atoms with Crippen molar-refractivity contribution in [1.29, 1.82) is 0 Å². The van der Waals surface area contributed by atoms with Crippen LogP contribution < -0.4 is 10.6 Å². The highest BCUT2D eigenvalue weighted by atomic mass is 16.5. The summed E-state index contributed by atoms with van der Waals surface area (Å²) in [6.07, 6.45) is -0.572. The molecule has 3 rings (SSSR count). The van der Waals surface area contributed by atoms with E-state index in [0.29, 0.717) is 0 Å². The van der Waals surface area contributed by atoms with E-state index in [9.17, 15) is 19.5 Å². The number of carbonyl (C=O) groups excluding carboxylic acids is 2. The summed E-state index contributed by atoms with van der Waals surface area (Å²) < 4.78 is 5.54. The largest absolute Gasteiger partial charge is 0.481 e. The van der Waals surface area contributed by atoms with Crippen LogP contribution in [-0.2, 0) is 14.3 Å². The van der Waals surface area contributed by atoms with Gasteiger partial charge in [0.1, 0.15) is 6.61 Å². The van der Waals surface area contributed by atoms with Crippen LogP contribution >= 0.6 is 0 Å². The molecule has 1 aliphatic carbocycles. The van der Waals surface area contributed by atoms with Crippen molar-refractivity contribution in [3.63, 3.8) is 0 Å². The normalized spacial score (nSPS) is 14.6. The Bertz CT molecular complexity index is 1020. The molecule has 0 saturated heterocycles. The highest BCUT2D eigenvalue weighted by Gasteiger charge is 2.39. The predicted molar refractivity (Wildman–Crippen MR) is 130 cm³/mol. The molecule has 7 nitrogen and oxygen atoms in total. The lowest BCUT2D eigenvalue weighted by Crippen LogP contribution is -2.52. The molecule has 2 aromatic rings. The van der Waals surface area contributed by atoms with Crippen LogP contribution in [0.15, 0.2) is 48.5 Å². The SMILES string of the molecule is CC(CC(=O)NC(C(C)C)C(C)(C)C(=O)O)NC(=O)OCC1c2ccccc2-c2ccccc21. The fraction of sp³-hybridized carbons (Fsp3) is 0.444. The van der Waals surface area contributed by atoms with Gasteiger partial charge in [0.25, 0.3) is 0 Å². The smallest absolute Gasteiger partial charge is 0.407 e. The van der Waals surface area contributed by atoms with E-state index in [1.54, 1.807) is 20.8 Å². The number of rotatable bonds is 9. The van der Waals surface area contributed by atoms with Gasteiger partial charge in [-0.05, 0) is 48.9 Å². The van der Waals surface area contributed by atoms with Crippen molar-refractivity contribution in [2.45, 2.75) is 59.0 Å². The number of ether oxygens (including phenoxy) is 1. The van der Waals surface area contributed by atoms with Gasteiger partial charge in [0, 0.05) is 24.4 Å². The number of alkyl carbamates (subject to hydrolysis) is 1. The molecular formula is C27H34N2O5. The van der Waals surface area contributed by atoms with Crippen LogP contribution in [0.5, 0.6) is 0 Å². The number of hydrogen-bond donors (Lipinski definition) is 3. The first-order valence-electron chi connectivity index (χ1n) is 11.7. The van der Waals surface area contributed by atoms with Gasteiger partial charge < -0.3 is 20.5 Å². The highest BCUT2D eigenvalue weighted by Crippen LogP contribution is 2.44. The van der Waals surface area contributed by atoms with Crippen molar-refractivity contribution < 1.29 is 24.2 Å². The molecule has 0 spiro atoms. The molecule has 7 heteroatoms. The van der Waals surface area contributed by atoms with Gasteiger partial charge in [-0.2, -0.15) is 0 Å². The van der Waals surface area contributed by atoms with Crippen molar-refractivity contribution >= 4 is 18.0 Å². The Balaban J connectivity index is 1.55. The zero-order valence-corrected chi connectivity index (χ0v) is 20.4. The molecule has 3 N–H and O–H groups in total. The Morgan fingerprint density at radius 2 is 1.47 bits per heavy atom. The van der Waals surface area contributed by atoms with Gasteiger partial charge >= 0.3 is 12.1 Å². The van der Waals surface area contributed by atoms with Crippen LogP contribution in [0.2, 0.25) is 0 Å². The predicted octanol–water partition coefficient (Wildman–Crippen LogP) is 4.56. The Labute approximate surface area is 200 Å². The first-order valence-corrected chi connectivity index (χ1v) is 11.7. The fourth-order valence-corrected chi connectivity index (χ4v) is 4.72. The number of aliphatic carboxylic acids is 1. The van der Waals surface area contributed by atoms with Crippen LogP contribution in [0.25, 0.3) is 11.1 Å². The van der Waals surface area contributed by atoms with Crippen LogP contribution in [-0.4, -0.2) is 41.8 Å². The van der Waals surface area contributed by atoms with Crippen molar-refractivity contribution in [2.75, 3.05) is 6.61 Å². The number of benzene rings is 2. The molecule has 2 unspecified atom stereocenters. The van der Waals surface area contributed by atoms with Crippen molar-refractivity contribution in [1.82, 2.24) is 10.6 Å². The molecule has 182 valence electrons. The second-order valence-corrected chi connectivity index (χ2v) is 9.89. The second-order valence-electron chi connectivity index (χ2n) is 9.89. The van der Waals surface area contributed by atoms with Gasteiger partial charge in [0.2, 0.25) is 5.91 Å². The maximum atomic E-state index is 12.6. The molecule has 0 bridgehead atoms. The van der Waals surface area contributed by atoms with Gasteiger partial charge in [0.05, 0.1) is 5.41 Å². The molecule has 2 atom stereocenters. The number of hydrogen-bond acceptors (Lipinski definition) is 4. The lowest BCUT2D eigenvalue weighted by Gasteiger charge is -2.34. The Kier molecular flexibility index (Phi) is 7.64. The minimum Gasteiger partial charge on any atom is -0.481 e. The van der Waals surface area contributed by atoms with Crippen LogP contribution in [0.3, 0.4) is 0 Å². The molecule has 0 radical (unpaired) electrons. The number of fused-ring (bicyclic) bond motifs is 3. The van der Waals surface area contributed by atoms with E-state index < -0.39 is 29.6 Å². The van der Waals surface area contributed by atoms with Crippen molar-refractivity contribution in [3.05, 3.63) is 59.7 Å². The average Bonchev–Trinajstić information content (AvgIpc) is 3.09. The molecular weight excluding hydrogens is 432 g/mol. The van der Waals surface area contributed by atoms with Crippen molar-refractivity contribution in [3.8, 4) is 11.1 Å². The summed E-state index contributed by atoms with van der Waals surface area (Å²) in [5.41, 5.74) is 3.45.